The number of rotatable bonds is 5. The molecule has 2 fully saturated rings. The predicted octanol–water partition coefficient (Wildman–Crippen LogP) is 1.44. The molecule has 1 unspecified atom stereocenters. The quantitative estimate of drug-likeness (QED) is 0.805. The van der Waals surface area contributed by atoms with Crippen LogP contribution in [0.2, 0.25) is 0 Å². The van der Waals surface area contributed by atoms with E-state index < -0.39 is 0 Å². The normalized spacial score (nSPS) is 21.6. The van der Waals surface area contributed by atoms with Crippen molar-refractivity contribution in [1.29, 1.82) is 0 Å². The Bertz CT molecular complexity index is 346. The molecule has 21 heavy (non-hydrogen) atoms. The average molecular weight is 318 g/mol. The maximum atomic E-state index is 12.1. The number of halogens is 1. The fraction of sp³-hybridized carbons (Fsp3) is 0.867. The Morgan fingerprint density at radius 1 is 1.24 bits per heavy atom. The van der Waals surface area contributed by atoms with Gasteiger partial charge in [0.05, 0.1) is 6.54 Å². The maximum Gasteiger partial charge on any atom is 0.239 e. The minimum atomic E-state index is -0.0544. The summed E-state index contributed by atoms with van der Waals surface area (Å²) in [6, 6.07) is 0.0719. The standard InChI is InChI=1S/C15H27N3O2.ClH/c16-10-13(12-6-2-1-3-7-12)17-14(19)11-18-9-5-4-8-15(18)20;/h12-13H,1-11,16H2,(H,17,19);1H. The van der Waals surface area contributed by atoms with Crippen molar-refractivity contribution in [1.82, 2.24) is 10.2 Å². The molecule has 3 N–H and O–H groups in total. The van der Waals surface area contributed by atoms with Crippen molar-refractivity contribution in [2.75, 3.05) is 19.6 Å². The highest BCUT2D eigenvalue weighted by molar-refractivity contribution is 5.85. The molecule has 0 aromatic heterocycles. The summed E-state index contributed by atoms with van der Waals surface area (Å²) in [5, 5.41) is 3.05. The predicted molar refractivity (Wildman–Crippen MR) is 85.2 cm³/mol. The van der Waals surface area contributed by atoms with E-state index in [-0.39, 0.29) is 36.8 Å². The molecule has 0 spiro atoms. The van der Waals surface area contributed by atoms with E-state index in [0.29, 0.717) is 25.4 Å². The lowest BCUT2D eigenvalue weighted by Gasteiger charge is -2.31. The molecule has 1 heterocycles. The molecular weight excluding hydrogens is 290 g/mol. The van der Waals surface area contributed by atoms with Crippen LogP contribution in [0.1, 0.15) is 51.4 Å². The lowest BCUT2D eigenvalue weighted by Crippen LogP contribution is -2.50. The van der Waals surface area contributed by atoms with E-state index in [0.717, 1.165) is 25.7 Å². The van der Waals surface area contributed by atoms with Gasteiger partial charge in [-0.1, -0.05) is 19.3 Å². The minimum Gasteiger partial charge on any atom is -0.350 e. The number of amides is 2. The number of nitrogens with one attached hydrogen (secondary N) is 1. The molecule has 0 aromatic carbocycles. The van der Waals surface area contributed by atoms with Crippen molar-refractivity contribution in [2.45, 2.75) is 57.4 Å². The van der Waals surface area contributed by atoms with Gasteiger partial charge in [-0.05, 0) is 31.6 Å². The molecule has 6 heteroatoms. The van der Waals surface area contributed by atoms with E-state index in [4.69, 9.17) is 5.73 Å². The van der Waals surface area contributed by atoms with Crippen molar-refractivity contribution < 1.29 is 9.59 Å². The van der Waals surface area contributed by atoms with Crippen molar-refractivity contribution >= 4 is 24.2 Å². The second-order valence-electron chi connectivity index (χ2n) is 6.08. The highest BCUT2D eigenvalue weighted by atomic mass is 35.5. The van der Waals surface area contributed by atoms with Gasteiger partial charge in [0.25, 0.3) is 0 Å². The van der Waals surface area contributed by atoms with Crippen molar-refractivity contribution in [3.63, 3.8) is 0 Å². The van der Waals surface area contributed by atoms with Crippen LogP contribution in [0.3, 0.4) is 0 Å². The molecule has 1 saturated carbocycles. The first kappa shape index (κ1) is 18.2. The molecule has 0 aromatic rings. The molecule has 0 radical (unpaired) electrons. The molecule has 2 rings (SSSR count). The van der Waals surface area contributed by atoms with Gasteiger partial charge in [0, 0.05) is 25.6 Å². The van der Waals surface area contributed by atoms with Crippen molar-refractivity contribution in [2.24, 2.45) is 11.7 Å². The van der Waals surface area contributed by atoms with Crippen LogP contribution in [0.15, 0.2) is 0 Å². The summed E-state index contributed by atoms with van der Waals surface area (Å²) in [6.07, 6.45) is 8.62. The number of nitrogens with zero attached hydrogens (tertiary/aromatic N) is 1. The molecule has 2 amide bonds. The number of likely N-dealkylation sites (tertiary alicyclic amines) is 1. The van der Waals surface area contributed by atoms with Crippen molar-refractivity contribution in [3.05, 3.63) is 0 Å². The third kappa shape index (κ3) is 5.47. The van der Waals surface area contributed by atoms with Gasteiger partial charge < -0.3 is 16.0 Å². The summed E-state index contributed by atoms with van der Waals surface area (Å²) in [5.74, 6) is 0.560. The van der Waals surface area contributed by atoms with E-state index in [2.05, 4.69) is 5.32 Å². The lowest BCUT2D eigenvalue weighted by atomic mass is 9.84. The summed E-state index contributed by atoms with van der Waals surface area (Å²) in [4.78, 5) is 25.5. The molecule has 1 aliphatic carbocycles. The Morgan fingerprint density at radius 2 is 1.95 bits per heavy atom. The summed E-state index contributed by atoms with van der Waals surface area (Å²) < 4.78 is 0. The zero-order chi connectivity index (χ0) is 14.4. The van der Waals surface area contributed by atoms with Gasteiger partial charge in [-0.3, -0.25) is 9.59 Å². The van der Waals surface area contributed by atoms with E-state index >= 15 is 0 Å². The first-order valence-electron chi connectivity index (χ1n) is 7.98. The summed E-state index contributed by atoms with van der Waals surface area (Å²) in [6.45, 7) is 1.40. The minimum absolute atomic E-state index is 0. The summed E-state index contributed by atoms with van der Waals surface area (Å²) in [5.41, 5.74) is 5.82. The number of hydrogen-bond donors (Lipinski definition) is 2. The van der Waals surface area contributed by atoms with Crippen LogP contribution in [-0.2, 0) is 9.59 Å². The topological polar surface area (TPSA) is 75.4 Å². The van der Waals surface area contributed by atoms with E-state index in [9.17, 15) is 9.59 Å². The van der Waals surface area contributed by atoms with Gasteiger partial charge in [0.1, 0.15) is 0 Å². The second-order valence-corrected chi connectivity index (χ2v) is 6.08. The van der Waals surface area contributed by atoms with Crippen LogP contribution in [0, 0.1) is 5.92 Å². The fourth-order valence-corrected chi connectivity index (χ4v) is 3.36. The van der Waals surface area contributed by atoms with Gasteiger partial charge in [-0.25, -0.2) is 0 Å². The number of hydrogen-bond acceptors (Lipinski definition) is 3. The molecule has 1 atom stereocenters. The van der Waals surface area contributed by atoms with Crippen LogP contribution in [0.4, 0.5) is 0 Å². The Labute approximate surface area is 133 Å². The Balaban J connectivity index is 0.00000220. The van der Waals surface area contributed by atoms with Gasteiger partial charge in [-0.15, -0.1) is 12.4 Å². The van der Waals surface area contributed by atoms with Crippen LogP contribution >= 0.6 is 12.4 Å². The van der Waals surface area contributed by atoms with Gasteiger partial charge in [-0.2, -0.15) is 0 Å². The van der Waals surface area contributed by atoms with Gasteiger partial charge >= 0.3 is 0 Å². The lowest BCUT2D eigenvalue weighted by molar-refractivity contribution is -0.138. The van der Waals surface area contributed by atoms with Gasteiger partial charge in [0.15, 0.2) is 0 Å². The smallest absolute Gasteiger partial charge is 0.239 e. The third-order valence-corrected chi connectivity index (χ3v) is 4.58. The van der Waals surface area contributed by atoms with E-state index in [1.807, 2.05) is 0 Å². The average Bonchev–Trinajstić information content (AvgIpc) is 2.48. The van der Waals surface area contributed by atoms with Crippen LogP contribution < -0.4 is 11.1 Å². The highest BCUT2D eigenvalue weighted by Gasteiger charge is 2.26. The Hall–Kier alpha value is -0.810. The molecule has 1 aliphatic heterocycles. The Morgan fingerprint density at radius 3 is 2.57 bits per heavy atom. The van der Waals surface area contributed by atoms with Gasteiger partial charge in [0.2, 0.25) is 11.8 Å². The largest absolute Gasteiger partial charge is 0.350 e. The molecule has 5 nitrogen and oxygen atoms in total. The Kier molecular flexibility index (Phi) is 8.04. The van der Waals surface area contributed by atoms with Crippen molar-refractivity contribution in [3.8, 4) is 0 Å². The molecule has 1 saturated heterocycles. The monoisotopic (exact) mass is 317 g/mol. The van der Waals surface area contributed by atoms with Crippen LogP contribution in [-0.4, -0.2) is 42.4 Å². The molecule has 0 bridgehead atoms. The summed E-state index contributed by atoms with van der Waals surface area (Å²) in [7, 11) is 0. The first-order valence-corrected chi connectivity index (χ1v) is 7.98. The zero-order valence-corrected chi connectivity index (χ0v) is 13.5. The summed E-state index contributed by atoms with van der Waals surface area (Å²) >= 11 is 0. The third-order valence-electron chi connectivity index (χ3n) is 4.58. The zero-order valence-electron chi connectivity index (χ0n) is 12.7. The second kappa shape index (κ2) is 9.26. The molecular formula is C15H28ClN3O2. The number of carbonyl (C=O) groups excluding carboxylic acids is 2. The molecule has 122 valence electrons. The van der Waals surface area contributed by atoms with E-state index in [1.165, 1.54) is 19.3 Å². The number of nitrogens with two attached hydrogens (primary N) is 1. The maximum absolute atomic E-state index is 12.1. The number of carbonyl (C=O) groups is 2. The highest BCUT2D eigenvalue weighted by Crippen LogP contribution is 2.26. The van der Waals surface area contributed by atoms with Crippen LogP contribution in [0.5, 0.6) is 0 Å². The number of piperidine rings is 1. The first-order chi connectivity index (χ1) is 9.70. The van der Waals surface area contributed by atoms with Crippen LogP contribution in [0.25, 0.3) is 0 Å². The molecule has 2 aliphatic rings. The SMILES string of the molecule is Cl.NCC(NC(=O)CN1CCCCC1=O)C1CCCCC1. The fourth-order valence-electron chi connectivity index (χ4n) is 3.36. The van der Waals surface area contributed by atoms with E-state index in [1.54, 1.807) is 4.90 Å².